The van der Waals surface area contributed by atoms with Gasteiger partial charge in [-0.15, -0.1) is 0 Å². The van der Waals surface area contributed by atoms with E-state index in [2.05, 4.69) is 9.97 Å². The van der Waals surface area contributed by atoms with Crippen LogP contribution in [0.3, 0.4) is 0 Å². The first-order valence-corrected chi connectivity index (χ1v) is 12.4. The van der Waals surface area contributed by atoms with Gasteiger partial charge in [-0.3, -0.25) is 4.57 Å². The third-order valence-corrected chi connectivity index (χ3v) is 7.58. The van der Waals surface area contributed by atoms with Gasteiger partial charge in [0.25, 0.3) is 0 Å². The van der Waals surface area contributed by atoms with Gasteiger partial charge in [-0.25, -0.2) is 4.98 Å². The second-order valence-corrected chi connectivity index (χ2v) is 10.5. The Labute approximate surface area is 195 Å². The van der Waals surface area contributed by atoms with Crippen LogP contribution in [0.2, 0.25) is 5.02 Å². The van der Waals surface area contributed by atoms with Gasteiger partial charge in [0.1, 0.15) is 5.75 Å². The number of benzene rings is 2. The molecule has 9 heteroatoms. The summed E-state index contributed by atoms with van der Waals surface area (Å²) in [7, 11) is -4.41. The molecule has 0 radical (unpaired) electrons. The molecule has 1 fully saturated rings. The molecule has 1 saturated carbocycles. The van der Waals surface area contributed by atoms with Gasteiger partial charge in [-0.2, -0.15) is 0 Å². The molecule has 7 nitrogen and oxygen atoms in total. The highest BCUT2D eigenvalue weighted by molar-refractivity contribution is 7.60. The summed E-state index contributed by atoms with van der Waals surface area (Å²) in [6.07, 6.45) is 1.99. The van der Waals surface area contributed by atoms with Gasteiger partial charge in [-0.05, 0) is 49.1 Å². The Kier molecular flexibility index (Phi) is 5.35. The SMILES string of the molecule is Cc1ccc(Oc2cc3nc(-c4ccc(C5(CO)CC5)cc4)c(Cl)cc3[nH]2)cc1P(=O)(O)O. The molecular formula is C24H22ClN2O5P. The fourth-order valence-electron chi connectivity index (χ4n) is 4.03. The maximum Gasteiger partial charge on any atom is 0.356 e. The molecule has 4 N–H and O–H groups in total. The monoisotopic (exact) mass is 484 g/mol. The van der Waals surface area contributed by atoms with Gasteiger partial charge in [-0.1, -0.05) is 41.9 Å². The molecule has 0 atom stereocenters. The zero-order valence-electron chi connectivity index (χ0n) is 17.7. The van der Waals surface area contributed by atoms with E-state index in [1.54, 1.807) is 31.2 Å². The third-order valence-electron chi connectivity index (χ3n) is 6.18. The second kappa shape index (κ2) is 7.97. The summed E-state index contributed by atoms with van der Waals surface area (Å²) in [5.41, 5.74) is 4.34. The number of nitrogens with zero attached hydrogens (tertiary/aromatic N) is 1. The molecule has 2 aromatic carbocycles. The minimum Gasteiger partial charge on any atom is -0.441 e. The number of halogens is 1. The van der Waals surface area contributed by atoms with Crippen LogP contribution in [0.5, 0.6) is 11.6 Å². The smallest absolute Gasteiger partial charge is 0.356 e. The highest BCUT2D eigenvalue weighted by atomic mass is 35.5. The van der Waals surface area contributed by atoms with Crippen LogP contribution < -0.4 is 10.0 Å². The number of rotatable bonds is 6. The van der Waals surface area contributed by atoms with E-state index in [1.165, 1.54) is 6.07 Å². The number of aromatic nitrogens is 2. The number of pyridine rings is 1. The number of hydrogen-bond donors (Lipinski definition) is 4. The standard InChI is InChI=1S/C24H22ClN2O5P/c1-14-2-7-17(10-21(14)33(29,30)31)32-22-12-20-19(26-22)11-18(25)23(27-20)15-3-5-16(6-4-15)24(13-28)8-9-24/h2-7,10-12,26,28H,8-9,13H2,1H3,(H2,29,30,31). The fourth-order valence-corrected chi connectivity index (χ4v) is 5.12. The van der Waals surface area contributed by atoms with Crippen LogP contribution in [-0.4, -0.2) is 31.5 Å². The summed E-state index contributed by atoms with van der Waals surface area (Å²) in [6, 6.07) is 16.0. The van der Waals surface area contributed by atoms with Gasteiger partial charge in [0.2, 0.25) is 0 Å². The highest BCUT2D eigenvalue weighted by Crippen LogP contribution is 2.48. The van der Waals surface area contributed by atoms with Crippen molar-refractivity contribution in [3.63, 3.8) is 0 Å². The van der Waals surface area contributed by atoms with Crippen LogP contribution in [0.15, 0.2) is 54.6 Å². The van der Waals surface area contributed by atoms with Gasteiger partial charge in [0.15, 0.2) is 5.88 Å². The van der Waals surface area contributed by atoms with Crippen molar-refractivity contribution in [1.82, 2.24) is 9.97 Å². The van der Waals surface area contributed by atoms with E-state index in [1.807, 2.05) is 24.3 Å². The second-order valence-electron chi connectivity index (χ2n) is 8.50. The van der Waals surface area contributed by atoms with Crippen molar-refractivity contribution in [2.75, 3.05) is 6.61 Å². The van der Waals surface area contributed by atoms with Crippen molar-refractivity contribution >= 4 is 35.5 Å². The first kappa shape index (κ1) is 22.1. The number of aryl methyl sites for hydroxylation is 1. The summed E-state index contributed by atoms with van der Waals surface area (Å²) >= 11 is 6.51. The number of aliphatic hydroxyl groups is 1. The molecule has 2 aromatic heterocycles. The molecule has 0 saturated heterocycles. The van der Waals surface area contributed by atoms with Gasteiger partial charge in [0.05, 0.1) is 33.7 Å². The zero-order valence-corrected chi connectivity index (χ0v) is 19.4. The summed E-state index contributed by atoms with van der Waals surface area (Å²) in [5.74, 6) is 0.672. The Morgan fingerprint density at radius 3 is 2.48 bits per heavy atom. The van der Waals surface area contributed by atoms with Crippen LogP contribution >= 0.6 is 19.2 Å². The van der Waals surface area contributed by atoms with E-state index in [9.17, 15) is 19.5 Å². The zero-order chi connectivity index (χ0) is 23.4. The molecule has 1 aliphatic rings. The summed E-state index contributed by atoms with van der Waals surface area (Å²) in [4.78, 5) is 26.8. The number of ether oxygens (including phenoxy) is 1. The fraction of sp³-hybridized carbons (Fsp3) is 0.208. The largest absolute Gasteiger partial charge is 0.441 e. The van der Waals surface area contributed by atoms with E-state index in [0.717, 1.165) is 24.0 Å². The minimum atomic E-state index is -4.41. The maximum atomic E-state index is 11.7. The van der Waals surface area contributed by atoms with Gasteiger partial charge >= 0.3 is 7.60 Å². The van der Waals surface area contributed by atoms with Crippen LogP contribution in [0.4, 0.5) is 0 Å². The Balaban J connectivity index is 1.45. The lowest BCUT2D eigenvalue weighted by atomic mass is 9.95. The number of aromatic amines is 1. The molecule has 0 amide bonds. The number of H-pyrrole nitrogens is 1. The number of fused-ring (bicyclic) bond motifs is 1. The first-order chi connectivity index (χ1) is 15.7. The molecule has 0 spiro atoms. The van der Waals surface area contributed by atoms with E-state index < -0.39 is 7.60 Å². The van der Waals surface area contributed by atoms with Crippen molar-refractivity contribution in [1.29, 1.82) is 0 Å². The topological polar surface area (TPSA) is 116 Å². The van der Waals surface area contributed by atoms with E-state index in [4.69, 9.17) is 16.3 Å². The summed E-state index contributed by atoms with van der Waals surface area (Å²) < 4.78 is 17.5. The number of aliphatic hydroxyl groups excluding tert-OH is 1. The molecule has 33 heavy (non-hydrogen) atoms. The number of hydrogen-bond acceptors (Lipinski definition) is 4. The molecule has 1 aliphatic carbocycles. The van der Waals surface area contributed by atoms with E-state index >= 15 is 0 Å². The van der Waals surface area contributed by atoms with E-state index in [0.29, 0.717) is 38.9 Å². The molecule has 0 bridgehead atoms. The Bertz CT molecular complexity index is 1410. The lowest BCUT2D eigenvalue weighted by Gasteiger charge is -2.13. The molecule has 4 aromatic rings. The molecule has 5 rings (SSSR count). The highest BCUT2D eigenvalue weighted by Gasteiger charge is 2.43. The van der Waals surface area contributed by atoms with Crippen LogP contribution in [0, 0.1) is 6.92 Å². The van der Waals surface area contributed by atoms with Crippen molar-refractivity contribution < 1.29 is 24.2 Å². The molecule has 0 unspecified atom stereocenters. The molecule has 2 heterocycles. The Morgan fingerprint density at radius 1 is 1.12 bits per heavy atom. The van der Waals surface area contributed by atoms with E-state index in [-0.39, 0.29) is 17.3 Å². The maximum absolute atomic E-state index is 11.7. The van der Waals surface area contributed by atoms with Crippen LogP contribution in [0.25, 0.3) is 22.3 Å². The van der Waals surface area contributed by atoms with Crippen molar-refractivity contribution in [3.05, 3.63) is 70.7 Å². The lowest BCUT2D eigenvalue weighted by molar-refractivity contribution is 0.255. The predicted octanol–water partition coefficient (Wildman–Crippen LogP) is 4.81. The van der Waals surface area contributed by atoms with Crippen molar-refractivity contribution in [2.45, 2.75) is 25.2 Å². The lowest BCUT2D eigenvalue weighted by Crippen LogP contribution is -2.11. The Morgan fingerprint density at radius 2 is 1.85 bits per heavy atom. The number of nitrogens with one attached hydrogen (secondary N) is 1. The van der Waals surface area contributed by atoms with Crippen molar-refractivity contribution in [2.24, 2.45) is 0 Å². The minimum absolute atomic E-state index is 0.0720. The predicted molar refractivity (Wildman–Crippen MR) is 127 cm³/mol. The van der Waals surface area contributed by atoms with Crippen LogP contribution in [0.1, 0.15) is 24.0 Å². The van der Waals surface area contributed by atoms with Crippen molar-refractivity contribution in [3.8, 4) is 22.9 Å². The third kappa shape index (κ3) is 4.19. The molecule has 170 valence electrons. The van der Waals surface area contributed by atoms with Gasteiger partial charge < -0.3 is 24.6 Å². The quantitative estimate of drug-likeness (QED) is 0.292. The molecular weight excluding hydrogens is 463 g/mol. The average Bonchev–Trinajstić information content (AvgIpc) is 3.48. The van der Waals surface area contributed by atoms with Gasteiger partial charge in [0, 0.05) is 17.0 Å². The average molecular weight is 485 g/mol. The summed E-state index contributed by atoms with van der Waals surface area (Å²) in [6.45, 7) is 1.79. The Hall–Kier alpha value is -2.67. The summed E-state index contributed by atoms with van der Waals surface area (Å²) in [5, 5.41) is 10.1. The normalized spacial score (nSPS) is 15.1. The molecule has 0 aliphatic heterocycles. The van der Waals surface area contributed by atoms with Crippen LogP contribution in [-0.2, 0) is 9.98 Å². The first-order valence-electron chi connectivity index (χ1n) is 10.4.